The van der Waals surface area contributed by atoms with Crippen LogP contribution in [0.4, 0.5) is 0 Å². The summed E-state index contributed by atoms with van der Waals surface area (Å²) in [6.07, 6.45) is 40.7. The first-order chi connectivity index (χ1) is 26.1. The van der Waals surface area contributed by atoms with E-state index in [1.807, 2.05) is 21.1 Å². The van der Waals surface area contributed by atoms with Crippen molar-refractivity contribution in [1.82, 2.24) is 0 Å². The van der Waals surface area contributed by atoms with Gasteiger partial charge in [-0.3, -0.25) is 9.59 Å². The lowest BCUT2D eigenvalue weighted by molar-refractivity contribution is -0.887. The number of nitrogens with zero attached hydrogens (tertiary/aromatic N) is 1. The lowest BCUT2D eigenvalue weighted by Gasteiger charge is -2.31. The fourth-order valence-corrected chi connectivity index (χ4v) is 6.55. The lowest BCUT2D eigenvalue weighted by Crippen LogP contribution is -2.50. The molecule has 54 heavy (non-hydrogen) atoms. The number of hydrogen-bond acceptors (Lipinski definition) is 6. The largest absolute Gasteiger partial charge is 0.477 e. The average molecular weight is 765 g/mol. The molecule has 2 unspecified atom stereocenters. The second-order valence-electron chi connectivity index (χ2n) is 16.3. The maximum absolute atomic E-state index is 12.7. The molecule has 0 aliphatic heterocycles. The van der Waals surface area contributed by atoms with Crippen molar-refractivity contribution in [2.45, 2.75) is 212 Å². The maximum atomic E-state index is 12.7. The predicted octanol–water partition coefficient (Wildman–Crippen LogP) is 12.1. The number of ether oxygens (including phenoxy) is 3. The van der Waals surface area contributed by atoms with Gasteiger partial charge in [-0.2, -0.15) is 0 Å². The van der Waals surface area contributed by atoms with Crippen LogP contribution in [0.5, 0.6) is 0 Å². The molecule has 0 fully saturated rings. The van der Waals surface area contributed by atoms with Gasteiger partial charge in [0.15, 0.2) is 12.1 Å². The van der Waals surface area contributed by atoms with Gasteiger partial charge in [-0.1, -0.05) is 141 Å². The van der Waals surface area contributed by atoms with Crippen LogP contribution in [0.25, 0.3) is 0 Å². The van der Waals surface area contributed by atoms with Crippen LogP contribution in [0, 0.1) is 0 Å². The zero-order valence-corrected chi connectivity index (χ0v) is 35.9. The van der Waals surface area contributed by atoms with Gasteiger partial charge in [0.25, 0.3) is 0 Å². The zero-order chi connectivity index (χ0) is 40.0. The normalized spacial score (nSPS) is 13.1. The van der Waals surface area contributed by atoms with E-state index in [0.29, 0.717) is 19.3 Å². The summed E-state index contributed by atoms with van der Waals surface area (Å²) in [5, 5.41) is 9.61. The molecule has 0 rings (SSSR count). The summed E-state index contributed by atoms with van der Waals surface area (Å²) in [6.45, 7) is 4.71. The molecule has 0 aliphatic carbocycles. The molecular weight excluding hydrogens is 679 g/mol. The molecule has 0 radical (unpaired) electrons. The number of likely N-dealkylation sites (N-methyl/N-ethyl adjacent to an activating group) is 1. The van der Waals surface area contributed by atoms with Crippen molar-refractivity contribution >= 4 is 17.9 Å². The standard InChI is InChI=1S/C46H85NO7/c1-6-8-10-12-14-16-18-20-21-22-23-24-25-27-29-31-33-35-37-45(49)54-42(40-52-39-38-43(46(50)51)47(3,4)5)41-53-44(48)36-34-32-30-28-26-19-17-15-13-11-9-7-2/h15,17,21-22,42-43H,6-14,16,18-20,23-41H2,1-5H3/p+1/b17-15-,22-21-. The first-order valence-electron chi connectivity index (χ1n) is 22.4. The van der Waals surface area contributed by atoms with E-state index in [4.69, 9.17) is 14.2 Å². The van der Waals surface area contributed by atoms with Crippen molar-refractivity contribution in [2.24, 2.45) is 0 Å². The van der Waals surface area contributed by atoms with E-state index in [2.05, 4.69) is 38.2 Å². The number of aliphatic carboxylic acids is 1. The minimum absolute atomic E-state index is 0.0544. The Kier molecular flexibility index (Phi) is 36.2. The van der Waals surface area contributed by atoms with E-state index >= 15 is 0 Å². The second kappa shape index (κ2) is 37.7. The summed E-state index contributed by atoms with van der Waals surface area (Å²) in [4.78, 5) is 36.9. The molecular formula is C46H86NO7+. The number of esters is 2. The highest BCUT2D eigenvalue weighted by molar-refractivity contribution is 5.72. The molecule has 0 bridgehead atoms. The molecule has 0 aliphatic rings. The Bertz CT molecular complexity index is 942. The molecule has 0 aromatic carbocycles. The zero-order valence-electron chi connectivity index (χ0n) is 35.9. The van der Waals surface area contributed by atoms with Crippen LogP contribution in [0.1, 0.15) is 200 Å². The Morgan fingerprint density at radius 2 is 0.926 bits per heavy atom. The second-order valence-corrected chi connectivity index (χ2v) is 16.3. The highest BCUT2D eigenvalue weighted by atomic mass is 16.6. The van der Waals surface area contributed by atoms with E-state index in [9.17, 15) is 19.5 Å². The van der Waals surface area contributed by atoms with Crippen LogP contribution in [0.15, 0.2) is 24.3 Å². The van der Waals surface area contributed by atoms with Crippen molar-refractivity contribution in [3.63, 3.8) is 0 Å². The van der Waals surface area contributed by atoms with Gasteiger partial charge in [-0.15, -0.1) is 0 Å². The number of quaternary nitrogens is 1. The third-order valence-corrected chi connectivity index (χ3v) is 10.1. The van der Waals surface area contributed by atoms with Crippen LogP contribution >= 0.6 is 0 Å². The first kappa shape index (κ1) is 51.8. The van der Waals surface area contributed by atoms with E-state index in [1.54, 1.807) is 0 Å². The van der Waals surface area contributed by atoms with Crippen LogP contribution in [-0.4, -0.2) is 80.6 Å². The van der Waals surface area contributed by atoms with Gasteiger partial charge in [-0.25, -0.2) is 4.79 Å². The lowest BCUT2D eigenvalue weighted by atomic mass is 10.1. The quantitative estimate of drug-likeness (QED) is 0.0287. The minimum Gasteiger partial charge on any atom is -0.477 e. The van der Waals surface area contributed by atoms with Gasteiger partial charge in [0, 0.05) is 19.3 Å². The number of rotatable bonds is 40. The number of carboxylic acid groups (broad SMARTS) is 1. The summed E-state index contributed by atoms with van der Waals surface area (Å²) >= 11 is 0. The average Bonchev–Trinajstić information content (AvgIpc) is 3.12. The van der Waals surface area contributed by atoms with Gasteiger partial charge >= 0.3 is 17.9 Å². The van der Waals surface area contributed by atoms with Crippen molar-refractivity contribution in [1.29, 1.82) is 0 Å². The summed E-state index contributed by atoms with van der Waals surface area (Å²) < 4.78 is 17.3. The molecule has 0 aromatic rings. The summed E-state index contributed by atoms with van der Waals surface area (Å²) in [6, 6.07) is -0.614. The van der Waals surface area contributed by atoms with E-state index in [0.717, 1.165) is 51.4 Å². The van der Waals surface area contributed by atoms with Gasteiger partial charge in [0.1, 0.15) is 6.61 Å². The molecule has 0 heterocycles. The predicted molar refractivity (Wildman–Crippen MR) is 225 cm³/mol. The molecule has 0 amide bonds. The van der Waals surface area contributed by atoms with E-state index in [-0.39, 0.29) is 36.2 Å². The van der Waals surface area contributed by atoms with Crippen molar-refractivity contribution in [3.8, 4) is 0 Å². The topological polar surface area (TPSA) is 99.1 Å². The monoisotopic (exact) mass is 765 g/mol. The van der Waals surface area contributed by atoms with Crippen molar-refractivity contribution < 1.29 is 38.2 Å². The SMILES string of the molecule is CCCCC/C=C\CCCCCCCC(=O)OCC(COCCC(C(=O)O)[N+](C)(C)C)OC(=O)CCCCCCCCC/C=C\CCCCCCCCC. The van der Waals surface area contributed by atoms with Crippen LogP contribution in [-0.2, 0) is 28.6 Å². The Morgan fingerprint density at radius 1 is 0.537 bits per heavy atom. The van der Waals surface area contributed by atoms with Gasteiger partial charge < -0.3 is 23.8 Å². The minimum atomic E-state index is -0.876. The number of hydrogen-bond donors (Lipinski definition) is 1. The van der Waals surface area contributed by atoms with Gasteiger partial charge in [0.05, 0.1) is 34.4 Å². The summed E-state index contributed by atoms with van der Waals surface area (Å²) in [5.41, 5.74) is 0. The highest BCUT2D eigenvalue weighted by Crippen LogP contribution is 2.14. The van der Waals surface area contributed by atoms with Crippen LogP contribution in [0.2, 0.25) is 0 Å². The van der Waals surface area contributed by atoms with E-state index < -0.39 is 18.1 Å². The molecule has 316 valence electrons. The smallest absolute Gasteiger partial charge is 0.362 e. The Labute approximate surface area is 332 Å². The maximum Gasteiger partial charge on any atom is 0.362 e. The van der Waals surface area contributed by atoms with Crippen molar-refractivity contribution in [2.75, 3.05) is 41.0 Å². The molecule has 2 atom stereocenters. The third-order valence-electron chi connectivity index (χ3n) is 10.1. The highest BCUT2D eigenvalue weighted by Gasteiger charge is 2.31. The van der Waals surface area contributed by atoms with E-state index in [1.165, 1.54) is 116 Å². The number of unbranched alkanes of at least 4 members (excludes halogenated alkanes) is 22. The number of allylic oxidation sites excluding steroid dienone is 4. The summed E-state index contributed by atoms with van der Waals surface area (Å²) in [5.74, 6) is -1.48. The molecule has 0 saturated carbocycles. The Balaban J connectivity index is 4.32. The van der Waals surface area contributed by atoms with Crippen LogP contribution in [0.3, 0.4) is 0 Å². The Hall–Kier alpha value is -2.19. The molecule has 0 aromatic heterocycles. The van der Waals surface area contributed by atoms with Gasteiger partial charge in [-0.05, 0) is 64.2 Å². The number of carboxylic acids is 1. The van der Waals surface area contributed by atoms with Crippen molar-refractivity contribution in [3.05, 3.63) is 24.3 Å². The summed E-state index contributed by atoms with van der Waals surface area (Å²) in [7, 11) is 5.52. The number of carbonyl (C=O) groups excluding carboxylic acids is 2. The first-order valence-corrected chi connectivity index (χ1v) is 22.4. The third kappa shape index (κ3) is 35.5. The molecule has 8 nitrogen and oxygen atoms in total. The fraction of sp³-hybridized carbons (Fsp3) is 0.848. The van der Waals surface area contributed by atoms with Gasteiger partial charge in [0.2, 0.25) is 0 Å². The molecule has 0 saturated heterocycles. The molecule has 1 N–H and O–H groups in total. The van der Waals surface area contributed by atoms with Crippen LogP contribution < -0.4 is 0 Å². The Morgan fingerprint density at radius 3 is 1.37 bits per heavy atom. The molecule has 8 heteroatoms. The molecule has 0 spiro atoms. The number of carbonyl (C=O) groups is 3. The fourth-order valence-electron chi connectivity index (χ4n) is 6.55.